The summed E-state index contributed by atoms with van der Waals surface area (Å²) in [4.78, 5) is 12.2. The number of unbranched alkanes of at least 4 members (excludes halogenated alkanes) is 1. The second-order valence-corrected chi connectivity index (χ2v) is 7.98. The lowest BCUT2D eigenvalue weighted by Crippen LogP contribution is -2.30. The molecular weight excluding hydrogens is 362 g/mol. The van der Waals surface area contributed by atoms with Crippen LogP contribution in [0.2, 0.25) is 0 Å². The molecule has 1 amide bonds. The van der Waals surface area contributed by atoms with Crippen LogP contribution in [0.1, 0.15) is 35.7 Å². The number of likely N-dealkylation sites (N-methyl/N-ethyl adjacent to an activating group) is 1. The first-order valence-corrected chi connectivity index (χ1v) is 10.6. The van der Waals surface area contributed by atoms with E-state index in [2.05, 4.69) is 22.3 Å². The maximum Gasteiger partial charge on any atom is 0.261 e. The summed E-state index contributed by atoms with van der Waals surface area (Å²) >= 11 is 0. The van der Waals surface area contributed by atoms with Crippen LogP contribution in [0.15, 0.2) is 53.4 Å². The summed E-state index contributed by atoms with van der Waals surface area (Å²) in [6.45, 7) is 3.24. The van der Waals surface area contributed by atoms with Crippen LogP contribution >= 0.6 is 0 Å². The molecule has 0 aliphatic heterocycles. The molecular formula is C20H27N3O3S. The molecule has 0 saturated carbocycles. The van der Waals surface area contributed by atoms with Gasteiger partial charge >= 0.3 is 0 Å². The summed E-state index contributed by atoms with van der Waals surface area (Å²) in [5, 5.41) is 5.67. The monoisotopic (exact) mass is 389 g/mol. The molecule has 0 aromatic heterocycles. The van der Waals surface area contributed by atoms with E-state index in [1.807, 2.05) is 12.1 Å². The number of nitrogens with one attached hydrogen (secondary N) is 3. The van der Waals surface area contributed by atoms with Gasteiger partial charge in [0.05, 0.1) is 4.90 Å². The number of hydrogen-bond donors (Lipinski definition) is 3. The Morgan fingerprint density at radius 2 is 1.78 bits per heavy atom. The van der Waals surface area contributed by atoms with Crippen LogP contribution in [0.5, 0.6) is 0 Å². The predicted octanol–water partition coefficient (Wildman–Crippen LogP) is 2.78. The van der Waals surface area contributed by atoms with Gasteiger partial charge in [-0.3, -0.25) is 9.52 Å². The predicted molar refractivity (Wildman–Crippen MR) is 109 cm³/mol. The van der Waals surface area contributed by atoms with E-state index >= 15 is 0 Å². The van der Waals surface area contributed by atoms with Crippen molar-refractivity contribution in [2.24, 2.45) is 0 Å². The number of sulfonamides is 1. The number of amides is 1. The van der Waals surface area contributed by atoms with Gasteiger partial charge in [0.1, 0.15) is 0 Å². The van der Waals surface area contributed by atoms with Crippen LogP contribution in [0.25, 0.3) is 0 Å². The van der Waals surface area contributed by atoms with Crippen molar-refractivity contribution in [2.45, 2.75) is 31.1 Å². The Kier molecular flexibility index (Phi) is 7.82. The summed E-state index contributed by atoms with van der Waals surface area (Å²) in [6.07, 6.45) is 3.20. The van der Waals surface area contributed by atoms with Crippen LogP contribution in [0, 0.1) is 0 Å². The van der Waals surface area contributed by atoms with Crippen molar-refractivity contribution in [3.05, 3.63) is 59.7 Å². The molecule has 2 aromatic carbocycles. The number of benzene rings is 2. The molecule has 2 rings (SSSR count). The van der Waals surface area contributed by atoms with Gasteiger partial charge in [-0.25, -0.2) is 8.42 Å². The molecule has 0 aliphatic rings. The van der Waals surface area contributed by atoms with Gasteiger partial charge in [-0.05, 0) is 55.8 Å². The molecule has 146 valence electrons. The SMILES string of the molecule is CCCCc1ccc(NS(=O)(=O)c2cccc(C(=O)NCCNC)c2)cc1. The quantitative estimate of drug-likeness (QED) is 0.545. The lowest BCUT2D eigenvalue weighted by atomic mass is 10.1. The second-order valence-electron chi connectivity index (χ2n) is 6.29. The van der Waals surface area contributed by atoms with Gasteiger partial charge in [-0.2, -0.15) is 0 Å². The molecule has 6 nitrogen and oxygen atoms in total. The highest BCUT2D eigenvalue weighted by Crippen LogP contribution is 2.18. The Balaban J connectivity index is 2.09. The third kappa shape index (κ3) is 6.37. The van der Waals surface area contributed by atoms with Gasteiger partial charge in [0.2, 0.25) is 0 Å². The van der Waals surface area contributed by atoms with E-state index in [1.165, 1.54) is 17.7 Å². The summed E-state index contributed by atoms with van der Waals surface area (Å²) in [5.41, 5.74) is 1.99. The average Bonchev–Trinajstić information content (AvgIpc) is 2.67. The van der Waals surface area contributed by atoms with E-state index in [0.29, 0.717) is 24.3 Å². The Morgan fingerprint density at radius 3 is 2.44 bits per heavy atom. The number of hydrogen-bond acceptors (Lipinski definition) is 4. The zero-order valence-corrected chi connectivity index (χ0v) is 16.6. The third-order valence-electron chi connectivity index (χ3n) is 4.09. The Labute approximate surface area is 161 Å². The van der Waals surface area contributed by atoms with E-state index in [0.717, 1.165) is 19.3 Å². The first kappa shape index (κ1) is 20.9. The third-order valence-corrected chi connectivity index (χ3v) is 5.47. The molecule has 0 aliphatic carbocycles. The van der Waals surface area contributed by atoms with E-state index in [4.69, 9.17) is 0 Å². The molecule has 27 heavy (non-hydrogen) atoms. The fraction of sp³-hybridized carbons (Fsp3) is 0.350. The minimum Gasteiger partial charge on any atom is -0.351 e. The van der Waals surface area contributed by atoms with Gasteiger partial charge in [-0.1, -0.05) is 31.5 Å². The van der Waals surface area contributed by atoms with Gasteiger partial charge < -0.3 is 10.6 Å². The molecule has 2 aromatic rings. The molecule has 0 heterocycles. The molecule has 0 fully saturated rings. The minimum atomic E-state index is -3.77. The fourth-order valence-corrected chi connectivity index (χ4v) is 3.65. The average molecular weight is 390 g/mol. The van der Waals surface area contributed by atoms with Crippen molar-refractivity contribution >= 4 is 21.6 Å². The van der Waals surface area contributed by atoms with Crippen LogP contribution in [-0.2, 0) is 16.4 Å². The molecule has 0 unspecified atom stereocenters. The molecule has 0 spiro atoms. The zero-order valence-electron chi connectivity index (χ0n) is 15.8. The smallest absolute Gasteiger partial charge is 0.261 e. The number of carbonyl (C=O) groups excluding carboxylic acids is 1. The van der Waals surface area contributed by atoms with Gasteiger partial charge in [0.15, 0.2) is 0 Å². The standard InChI is InChI=1S/C20H27N3O3S/c1-3-4-6-16-9-11-18(12-10-16)23-27(25,26)19-8-5-7-17(15-19)20(24)22-14-13-21-2/h5,7-12,15,21,23H,3-4,6,13-14H2,1-2H3,(H,22,24). The number of rotatable bonds is 10. The van der Waals surface area contributed by atoms with Gasteiger partial charge in [-0.15, -0.1) is 0 Å². The molecule has 7 heteroatoms. The summed E-state index contributed by atoms with van der Waals surface area (Å²) in [6, 6.07) is 13.4. The topological polar surface area (TPSA) is 87.3 Å². The van der Waals surface area contributed by atoms with Crippen molar-refractivity contribution in [2.75, 3.05) is 24.9 Å². The van der Waals surface area contributed by atoms with E-state index in [9.17, 15) is 13.2 Å². The zero-order chi connectivity index (χ0) is 19.7. The van der Waals surface area contributed by atoms with E-state index < -0.39 is 10.0 Å². The number of aryl methyl sites for hydroxylation is 1. The fourth-order valence-electron chi connectivity index (χ4n) is 2.54. The number of carbonyl (C=O) groups is 1. The molecule has 0 atom stereocenters. The van der Waals surface area contributed by atoms with Crippen molar-refractivity contribution in [3.8, 4) is 0 Å². The summed E-state index contributed by atoms with van der Waals surface area (Å²) in [7, 11) is -1.97. The first-order chi connectivity index (χ1) is 13.0. The summed E-state index contributed by atoms with van der Waals surface area (Å²) in [5.74, 6) is -0.303. The highest BCUT2D eigenvalue weighted by molar-refractivity contribution is 7.92. The molecule has 0 saturated heterocycles. The maximum absolute atomic E-state index is 12.6. The van der Waals surface area contributed by atoms with Crippen LogP contribution in [-0.4, -0.2) is 34.5 Å². The minimum absolute atomic E-state index is 0.0545. The van der Waals surface area contributed by atoms with Crippen molar-refractivity contribution in [3.63, 3.8) is 0 Å². The number of anilines is 1. The maximum atomic E-state index is 12.6. The van der Waals surface area contributed by atoms with E-state index in [-0.39, 0.29) is 10.8 Å². The largest absolute Gasteiger partial charge is 0.351 e. The lowest BCUT2D eigenvalue weighted by molar-refractivity contribution is 0.0954. The van der Waals surface area contributed by atoms with E-state index in [1.54, 1.807) is 31.3 Å². The molecule has 0 radical (unpaired) electrons. The molecule has 3 N–H and O–H groups in total. The Bertz CT molecular complexity index is 849. The Morgan fingerprint density at radius 1 is 1.04 bits per heavy atom. The van der Waals surface area contributed by atoms with Crippen LogP contribution < -0.4 is 15.4 Å². The van der Waals surface area contributed by atoms with Crippen LogP contribution in [0.4, 0.5) is 5.69 Å². The highest BCUT2D eigenvalue weighted by atomic mass is 32.2. The summed E-state index contributed by atoms with van der Waals surface area (Å²) < 4.78 is 27.8. The lowest BCUT2D eigenvalue weighted by Gasteiger charge is -2.10. The second kappa shape index (κ2) is 10.1. The van der Waals surface area contributed by atoms with Crippen molar-refractivity contribution in [1.29, 1.82) is 0 Å². The van der Waals surface area contributed by atoms with Gasteiger partial charge in [0, 0.05) is 24.3 Å². The van der Waals surface area contributed by atoms with Crippen molar-refractivity contribution < 1.29 is 13.2 Å². The van der Waals surface area contributed by atoms with Gasteiger partial charge in [0.25, 0.3) is 15.9 Å². The first-order valence-electron chi connectivity index (χ1n) is 9.11. The molecule has 0 bridgehead atoms. The highest BCUT2D eigenvalue weighted by Gasteiger charge is 2.16. The van der Waals surface area contributed by atoms with Crippen molar-refractivity contribution in [1.82, 2.24) is 10.6 Å². The Hall–Kier alpha value is -2.38. The normalized spacial score (nSPS) is 11.2. The van der Waals surface area contributed by atoms with Crippen LogP contribution in [0.3, 0.4) is 0 Å².